The number of carbonyl (C=O) groups is 2. The number of nitrogens with one attached hydrogen (secondary N) is 1. The molecule has 0 radical (unpaired) electrons. The van der Waals surface area contributed by atoms with Gasteiger partial charge in [-0.3, -0.25) is 4.79 Å². The minimum absolute atomic E-state index is 0.0405. The zero-order chi connectivity index (χ0) is 16.6. The Bertz CT molecular complexity index is 644. The lowest BCUT2D eigenvalue weighted by molar-refractivity contribution is 0.0666. The number of phenols is 2. The van der Waals surface area contributed by atoms with Gasteiger partial charge in [-0.25, -0.2) is 4.79 Å². The first-order valence-electron chi connectivity index (χ1n) is 7.53. The molecule has 2 fully saturated rings. The van der Waals surface area contributed by atoms with E-state index in [4.69, 9.17) is 11.6 Å². The molecule has 0 saturated carbocycles. The Labute approximate surface area is 138 Å². The predicted octanol–water partition coefficient (Wildman–Crippen LogP) is 1.38. The number of hydrogen-bond donors (Lipinski definition) is 3. The zero-order valence-corrected chi connectivity index (χ0v) is 13.2. The summed E-state index contributed by atoms with van der Waals surface area (Å²) in [4.78, 5) is 27.7. The van der Waals surface area contributed by atoms with Crippen LogP contribution in [-0.4, -0.2) is 64.2 Å². The minimum atomic E-state index is -0.485. The second kappa shape index (κ2) is 6.16. The van der Waals surface area contributed by atoms with Gasteiger partial charge in [0.25, 0.3) is 5.91 Å². The number of rotatable bonds is 2. The van der Waals surface area contributed by atoms with Crippen LogP contribution in [0.5, 0.6) is 11.5 Å². The summed E-state index contributed by atoms with van der Waals surface area (Å²) in [7, 11) is 0. The van der Waals surface area contributed by atoms with Gasteiger partial charge in [0.05, 0.1) is 10.6 Å². The second-order valence-electron chi connectivity index (χ2n) is 5.74. The van der Waals surface area contributed by atoms with E-state index in [1.54, 1.807) is 4.90 Å². The number of aromatic hydroxyl groups is 2. The van der Waals surface area contributed by atoms with E-state index >= 15 is 0 Å². The fraction of sp³-hybridized carbons (Fsp3) is 0.467. The third-order valence-electron chi connectivity index (χ3n) is 4.41. The Morgan fingerprint density at radius 3 is 2.52 bits per heavy atom. The molecule has 8 heteroatoms. The Balaban J connectivity index is 1.67. The SMILES string of the molecule is O=C(c1ccc(O)c(O)c1Cl)N1CCC(N2CCNC2=O)CC1. The molecule has 1 aromatic rings. The lowest BCUT2D eigenvalue weighted by Gasteiger charge is -2.36. The average Bonchev–Trinajstić information content (AvgIpc) is 2.98. The highest BCUT2D eigenvalue weighted by Crippen LogP contribution is 2.36. The molecule has 0 spiro atoms. The van der Waals surface area contributed by atoms with Gasteiger partial charge in [-0.05, 0) is 25.0 Å². The molecule has 3 amide bonds. The van der Waals surface area contributed by atoms with Crippen LogP contribution >= 0.6 is 11.6 Å². The van der Waals surface area contributed by atoms with Gasteiger partial charge in [-0.15, -0.1) is 0 Å². The number of carbonyl (C=O) groups excluding carboxylic acids is 2. The summed E-state index contributed by atoms with van der Waals surface area (Å²) < 4.78 is 0. The average molecular weight is 340 g/mol. The van der Waals surface area contributed by atoms with Crippen molar-refractivity contribution in [2.24, 2.45) is 0 Å². The molecule has 3 N–H and O–H groups in total. The molecule has 7 nitrogen and oxygen atoms in total. The molecule has 2 saturated heterocycles. The lowest BCUT2D eigenvalue weighted by atomic mass is 10.0. The number of hydrogen-bond acceptors (Lipinski definition) is 4. The third kappa shape index (κ3) is 2.88. The van der Waals surface area contributed by atoms with Gasteiger partial charge in [0.15, 0.2) is 11.5 Å². The van der Waals surface area contributed by atoms with Crippen molar-refractivity contribution in [3.8, 4) is 11.5 Å². The molecule has 23 heavy (non-hydrogen) atoms. The standard InChI is InChI=1S/C15H18ClN3O4/c16-12-10(1-2-11(20)13(12)21)14(22)18-6-3-9(4-7-18)19-8-5-17-15(19)23/h1-2,9,20-21H,3-8H2,(H,17,23). The summed E-state index contributed by atoms with van der Waals surface area (Å²) in [5.74, 6) is -1.12. The van der Waals surface area contributed by atoms with Gasteiger partial charge in [0, 0.05) is 32.2 Å². The highest BCUT2D eigenvalue weighted by Gasteiger charge is 2.32. The number of urea groups is 1. The van der Waals surface area contributed by atoms with Crippen molar-refractivity contribution in [1.82, 2.24) is 15.1 Å². The Morgan fingerprint density at radius 2 is 1.91 bits per heavy atom. The number of halogens is 1. The molecular formula is C15H18ClN3O4. The maximum Gasteiger partial charge on any atom is 0.317 e. The van der Waals surface area contributed by atoms with Crippen LogP contribution in [0.1, 0.15) is 23.2 Å². The van der Waals surface area contributed by atoms with E-state index in [1.807, 2.05) is 4.90 Å². The molecule has 2 aliphatic heterocycles. The number of piperidine rings is 1. The summed E-state index contributed by atoms with van der Waals surface area (Å²) in [5.41, 5.74) is 0.166. The first-order valence-corrected chi connectivity index (χ1v) is 7.91. The van der Waals surface area contributed by atoms with Gasteiger partial charge in [-0.2, -0.15) is 0 Å². The number of benzene rings is 1. The van der Waals surface area contributed by atoms with Gasteiger partial charge in [-0.1, -0.05) is 11.6 Å². The van der Waals surface area contributed by atoms with E-state index < -0.39 is 5.75 Å². The molecular weight excluding hydrogens is 322 g/mol. The largest absolute Gasteiger partial charge is 0.504 e. The predicted molar refractivity (Wildman–Crippen MR) is 83.8 cm³/mol. The molecule has 2 aliphatic rings. The van der Waals surface area contributed by atoms with Crippen molar-refractivity contribution in [3.63, 3.8) is 0 Å². The maximum absolute atomic E-state index is 12.5. The third-order valence-corrected chi connectivity index (χ3v) is 4.79. The van der Waals surface area contributed by atoms with Crippen LogP contribution in [0.2, 0.25) is 5.02 Å². The van der Waals surface area contributed by atoms with E-state index in [9.17, 15) is 19.8 Å². The monoisotopic (exact) mass is 339 g/mol. The number of nitrogens with zero attached hydrogens (tertiary/aromatic N) is 2. The van der Waals surface area contributed by atoms with Crippen molar-refractivity contribution >= 4 is 23.5 Å². The lowest BCUT2D eigenvalue weighted by Crippen LogP contribution is -2.47. The smallest absolute Gasteiger partial charge is 0.317 e. The first-order chi connectivity index (χ1) is 11.0. The van der Waals surface area contributed by atoms with Crippen LogP contribution in [0.25, 0.3) is 0 Å². The van der Waals surface area contributed by atoms with Crippen LogP contribution in [0, 0.1) is 0 Å². The molecule has 0 atom stereocenters. The number of phenolic OH excluding ortho intramolecular Hbond substituents is 2. The molecule has 0 aromatic heterocycles. The quantitative estimate of drug-likeness (QED) is 0.710. The Hall–Kier alpha value is -2.15. The second-order valence-corrected chi connectivity index (χ2v) is 6.12. The zero-order valence-electron chi connectivity index (χ0n) is 12.5. The summed E-state index contributed by atoms with van der Waals surface area (Å²) in [5, 5.41) is 21.7. The van der Waals surface area contributed by atoms with Gasteiger partial charge < -0.3 is 25.3 Å². The van der Waals surface area contributed by atoms with Crippen LogP contribution in [0.4, 0.5) is 4.79 Å². The van der Waals surface area contributed by atoms with E-state index in [0.29, 0.717) is 39.0 Å². The molecule has 0 aliphatic carbocycles. The minimum Gasteiger partial charge on any atom is -0.504 e. The van der Waals surface area contributed by atoms with Crippen molar-refractivity contribution in [3.05, 3.63) is 22.7 Å². The molecule has 0 unspecified atom stereocenters. The summed E-state index contributed by atoms with van der Waals surface area (Å²) >= 11 is 5.95. The maximum atomic E-state index is 12.5. The molecule has 124 valence electrons. The Morgan fingerprint density at radius 1 is 1.22 bits per heavy atom. The van der Waals surface area contributed by atoms with Crippen molar-refractivity contribution in [2.75, 3.05) is 26.2 Å². The normalized spacial score (nSPS) is 19.1. The molecule has 2 heterocycles. The molecule has 0 bridgehead atoms. The van der Waals surface area contributed by atoms with Gasteiger partial charge in [0.1, 0.15) is 0 Å². The fourth-order valence-electron chi connectivity index (χ4n) is 3.11. The van der Waals surface area contributed by atoms with Crippen LogP contribution in [0.15, 0.2) is 12.1 Å². The van der Waals surface area contributed by atoms with Crippen molar-refractivity contribution < 1.29 is 19.8 Å². The first kappa shape index (κ1) is 15.7. The molecule has 3 rings (SSSR count). The number of amides is 3. The topological polar surface area (TPSA) is 93.1 Å². The molecule has 1 aromatic carbocycles. The van der Waals surface area contributed by atoms with E-state index in [1.165, 1.54) is 12.1 Å². The van der Waals surface area contributed by atoms with Crippen molar-refractivity contribution in [1.29, 1.82) is 0 Å². The van der Waals surface area contributed by atoms with Crippen molar-refractivity contribution in [2.45, 2.75) is 18.9 Å². The highest BCUT2D eigenvalue weighted by molar-refractivity contribution is 6.35. The van der Waals surface area contributed by atoms with Crippen LogP contribution in [0.3, 0.4) is 0 Å². The fourth-order valence-corrected chi connectivity index (χ4v) is 3.35. The van der Waals surface area contributed by atoms with Gasteiger partial charge >= 0.3 is 6.03 Å². The number of likely N-dealkylation sites (tertiary alicyclic amines) is 1. The van der Waals surface area contributed by atoms with Crippen LogP contribution < -0.4 is 5.32 Å². The van der Waals surface area contributed by atoms with E-state index in [2.05, 4.69) is 5.32 Å². The van der Waals surface area contributed by atoms with Crippen LogP contribution in [-0.2, 0) is 0 Å². The van der Waals surface area contributed by atoms with E-state index in [-0.39, 0.29) is 34.3 Å². The highest BCUT2D eigenvalue weighted by atomic mass is 35.5. The summed E-state index contributed by atoms with van der Waals surface area (Å²) in [6, 6.07) is 2.75. The van der Waals surface area contributed by atoms with E-state index in [0.717, 1.165) is 0 Å². The Kier molecular flexibility index (Phi) is 4.21. The summed E-state index contributed by atoms with van der Waals surface area (Å²) in [6.45, 7) is 2.41. The summed E-state index contributed by atoms with van der Waals surface area (Å²) in [6.07, 6.45) is 1.42. The van der Waals surface area contributed by atoms with Gasteiger partial charge in [0.2, 0.25) is 0 Å².